The summed E-state index contributed by atoms with van der Waals surface area (Å²) in [5.41, 5.74) is 5.79. The molecule has 0 aliphatic carbocycles. The van der Waals surface area contributed by atoms with Gasteiger partial charge in [-0.1, -0.05) is 0 Å². The molecule has 0 radical (unpaired) electrons. The van der Waals surface area contributed by atoms with Gasteiger partial charge in [0.2, 0.25) is 0 Å². The number of likely N-dealkylation sites (N-methyl/N-ethyl adjacent to an activating group) is 1. The van der Waals surface area contributed by atoms with Gasteiger partial charge in [-0.15, -0.1) is 0 Å². The van der Waals surface area contributed by atoms with Crippen molar-refractivity contribution in [2.24, 2.45) is 5.73 Å². The van der Waals surface area contributed by atoms with Gasteiger partial charge in [0.25, 0.3) is 0 Å². The summed E-state index contributed by atoms with van der Waals surface area (Å²) in [6.07, 6.45) is 3.06. The van der Waals surface area contributed by atoms with E-state index in [0.717, 1.165) is 18.9 Å². The number of aromatic nitrogens is 2. The molecule has 0 atom stereocenters. The average molecular weight is 191 g/mol. The fourth-order valence-corrected chi connectivity index (χ4v) is 1.13. The van der Waals surface area contributed by atoms with Crippen molar-refractivity contribution in [3.63, 3.8) is 0 Å². The molecule has 14 heavy (non-hydrogen) atoms. The van der Waals surface area contributed by atoms with Crippen LogP contribution in [0.5, 0.6) is 0 Å². The normalized spacial score (nSPS) is 9.50. The van der Waals surface area contributed by atoms with E-state index in [1.165, 1.54) is 6.20 Å². The van der Waals surface area contributed by atoms with Crippen LogP contribution in [0.25, 0.3) is 0 Å². The van der Waals surface area contributed by atoms with E-state index in [1.807, 2.05) is 17.9 Å². The Labute approximate surface area is 83.2 Å². The summed E-state index contributed by atoms with van der Waals surface area (Å²) in [4.78, 5) is 10.1. The van der Waals surface area contributed by atoms with Crippen molar-refractivity contribution in [3.8, 4) is 6.07 Å². The highest BCUT2D eigenvalue weighted by Crippen LogP contribution is 2.07. The van der Waals surface area contributed by atoms with E-state index < -0.39 is 0 Å². The van der Waals surface area contributed by atoms with E-state index >= 15 is 0 Å². The molecule has 0 unspecified atom stereocenters. The third-order valence-electron chi connectivity index (χ3n) is 1.86. The second-order valence-electron chi connectivity index (χ2n) is 2.74. The fourth-order valence-electron chi connectivity index (χ4n) is 1.13. The Balaban J connectivity index is 2.79. The quantitative estimate of drug-likeness (QED) is 0.732. The van der Waals surface area contributed by atoms with Crippen molar-refractivity contribution >= 4 is 5.82 Å². The standard InChI is InChI=1S/C9H13N5/c1-2-14(4-3-10)9-7-12-8(5-11)6-13-9/h6-7H,2-4,10H2,1H3. The van der Waals surface area contributed by atoms with Crippen molar-refractivity contribution in [2.45, 2.75) is 6.92 Å². The van der Waals surface area contributed by atoms with E-state index in [0.29, 0.717) is 12.2 Å². The molecule has 0 bridgehead atoms. The van der Waals surface area contributed by atoms with E-state index in [1.54, 1.807) is 6.20 Å². The van der Waals surface area contributed by atoms with Crippen LogP contribution < -0.4 is 10.6 Å². The first kappa shape index (κ1) is 10.4. The van der Waals surface area contributed by atoms with Gasteiger partial charge in [0.1, 0.15) is 11.9 Å². The third-order valence-corrected chi connectivity index (χ3v) is 1.86. The maximum absolute atomic E-state index is 8.54. The summed E-state index contributed by atoms with van der Waals surface area (Å²) in [7, 11) is 0. The first-order valence-electron chi connectivity index (χ1n) is 4.49. The van der Waals surface area contributed by atoms with Gasteiger partial charge in [-0.3, -0.25) is 0 Å². The largest absolute Gasteiger partial charge is 0.354 e. The maximum atomic E-state index is 8.54. The minimum Gasteiger partial charge on any atom is -0.354 e. The average Bonchev–Trinajstić information content (AvgIpc) is 2.26. The molecule has 0 saturated carbocycles. The highest BCUT2D eigenvalue weighted by atomic mass is 15.2. The molecule has 1 aromatic heterocycles. The van der Waals surface area contributed by atoms with E-state index in [2.05, 4.69) is 9.97 Å². The summed E-state index contributed by atoms with van der Waals surface area (Å²) in [5, 5.41) is 8.54. The van der Waals surface area contributed by atoms with Crippen LogP contribution in [0.1, 0.15) is 12.6 Å². The summed E-state index contributed by atoms with van der Waals surface area (Å²) in [6.45, 7) is 4.18. The summed E-state index contributed by atoms with van der Waals surface area (Å²) < 4.78 is 0. The molecule has 0 aliphatic rings. The van der Waals surface area contributed by atoms with Gasteiger partial charge in [-0.05, 0) is 6.92 Å². The number of nitrogens with zero attached hydrogens (tertiary/aromatic N) is 4. The number of anilines is 1. The summed E-state index contributed by atoms with van der Waals surface area (Å²) in [5.74, 6) is 0.761. The first-order chi connectivity index (χ1) is 6.81. The second-order valence-corrected chi connectivity index (χ2v) is 2.74. The zero-order valence-electron chi connectivity index (χ0n) is 8.14. The SMILES string of the molecule is CCN(CCN)c1cnc(C#N)cn1. The Bertz CT molecular complexity index is 313. The van der Waals surface area contributed by atoms with Gasteiger partial charge in [0, 0.05) is 19.6 Å². The van der Waals surface area contributed by atoms with Crippen molar-refractivity contribution in [1.29, 1.82) is 5.26 Å². The van der Waals surface area contributed by atoms with E-state index in [-0.39, 0.29) is 0 Å². The van der Waals surface area contributed by atoms with Gasteiger partial charge < -0.3 is 10.6 Å². The summed E-state index contributed by atoms with van der Waals surface area (Å²) in [6, 6.07) is 1.93. The molecule has 1 rings (SSSR count). The molecule has 0 amide bonds. The second kappa shape index (κ2) is 5.14. The lowest BCUT2D eigenvalue weighted by atomic mass is 10.4. The molecule has 0 aliphatic heterocycles. The number of nitrogens with two attached hydrogens (primary N) is 1. The zero-order chi connectivity index (χ0) is 10.4. The molecular formula is C9H13N5. The Kier molecular flexibility index (Phi) is 3.83. The van der Waals surface area contributed by atoms with Crippen LogP contribution in [-0.2, 0) is 0 Å². The first-order valence-corrected chi connectivity index (χ1v) is 4.49. The van der Waals surface area contributed by atoms with Crippen LogP contribution >= 0.6 is 0 Å². The van der Waals surface area contributed by atoms with Gasteiger partial charge in [0.05, 0.1) is 12.4 Å². The molecule has 1 heterocycles. The maximum Gasteiger partial charge on any atom is 0.158 e. The lowest BCUT2D eigenvalue weighted by Gasteiger charge is -2.20. The number of nitriles is 1. The number of hydrogen-bond acceptors (Lipinski definition) is 5. The number of hydrogen-bond donors (Lipinski definition) is 1. The zero-order valence-corrected chi connectivity index (χ0v) is 8.14. The molecule has 5 nitrogen and oxygen atoms in total. The van der Waals surface area contributed by atoms with Crippen LogP contribution in [0.2, 0.25) is 0 Å². The predicted octanol–water partition coefficient (Wildman–Crippen LogP) is 0.133. The molecule has 0 aromatic carbocycles. The van der Waals surface area contributed by atoms with Gasteiger partial charge in [-0.25, -0.2) is 9.97 Å². The monoisotopic (exact) mass is 191 g/mol. The van der Waals surface area contributed by atoms with E-state index in [4.69, 9.17) is 11.0 Å². The van der Waals surface area contributed by atoms with Crippen LogP contribution in [0.3, 0.4) is 0 Å². The Morgan fingerprint density at radius 2 is 2.29 bits per heavy atom. The van der Waals surface area contributed by atoms with Crippen molar-refractivity contribution in [2.75, 3.05) is 24.5 Å². The fraction of sp³-hybridized carbons (Fsp3) is 0.444. The predicted molar refractivity (Wildman–Crippen MR) is 53.7 cm³/mol. The molecule has 0 fully saturated rings. The molecule has 5 heteroatoms. The lowest BCUT2D eigenvalue weighted by Crippen LogP contribution is -2.29. The van der Waals surface area contributed by atoms with Crippen LogP contribution in [0.4, 0.5) is 5.82 Å². The molecule has 1 aromatic rings. The van der Waals surface area contributed by atoms with E-state index in [9.17, 15) is 0 Å². The topological polar surface area (TPSA) is 78.8 Å². The Morgan fingerprint density at radius 3 is 2.71 bits per heavy atom. The van der Waals surface area contributed by atoms with Crippen LogP contribution in [-0.4, -0.2) is 29.6 Å². The molecule has 0 spiro atoms. The molecule has 2 N–H and O–H groups in total. The summed E-state index contributed by atoms with van der Waals surface area (Å²) >= 11 is 0. The van der Waals surface area contributed by atoms with Gasteiger partial charge in [-0.2, -0.15) is 5.26 Å². The van der Waals surface area contributed by atoms with Crippen molar-refractivity contribution in [3.05, 3.63) is 18.1 Å². The minimum absolute atomic E-state index is 0.331. The highest BCUT2D eigenvalue weighted by Gasteiger charge is 2.04. The molecule has 0 saturated heterocycles. The highest BCUT2D eigenvalue weighted by molar-refractivity contribution is 5.36. The Hall–Kier alpha value is -1.67. The number of rotatable bonds is 4. The minimum atomic E-state index is 0.331. The Morgan fingerprint density at radius 1 is 1.50 bits per heavy atom. The van der Waals surface area contributed by atoms with Crippen LogP contribution in [0.15, 0.2) is 12.4 Å². The molecular weight excluding hydrogens is 178 g/mol. The molecule has 74 valence electrons. The van der Waals surface area contributed by atoms with Crippen molar-refractivity contribution < 1.29 is 0 Å². The van der Waals surface area contributed by atoms with Gasteiger partial charge in [0.15, 0.2) is 5.69 Å². The third kappa shape index (κ3) is 2.41. The lowest BCUT2D eigenvalue weighted by molar-refractivity contribution is 0.797. The van der Waals surface area contributed by atoms with Gasteiger partial charge >= 0.3 is 0 Å². The van der Waals surface area contributed by atoms with Crippen molar-refractivity contribution in [1.82, 2.24) is 9.97 Å². The van der Waals surface area contributed by atoms with Crippen LogP contribution in [0, 0.1) is 11.3 Å². The smallest absolute Gasteiger partial charge is 0.158 e.